The Labute approximate surface area is 88.7 Å². The molecule has 0 aliphatic rings. The molecule has 0 aliphatic heterocycles. The summed E-state index contributed by atoms with van der Waals surface area (Å²) in [5, 5.41) is 8.44. The van der Waals surface area contributed by atoms with Gasteiger partial charge in [-0.1, -0.05) is 42.0 Å². The Hall–Kier alpha value is -1.80. The van der Waals surface area contributed by atoms with Crippen LogP contribution in [0, 0.1) is 6.92 Å². The van der Waals surface area contributed by atoms with Crippen molar-refractivity contribution >= 4 is 0 Å². The fraction of sp³-hybridized carbons (Fsp3) is 0.0769. The van der Waals surface area contributed by atoms with Crippen molar-refractivity contribution < 1.29 is 10.1 Å². The van der Waals surface area contributed by atoms with Crippen LogP contribution in [0.1, 0.15) is 5.56 Å². The maximum Gasteiger partial charge on any atom is 0.165 e. The van der Waals surface area contributed by atoms with Crippen LogP contribution in [0.4, 0.5) is 0 Å². The van der Waals surface area contributed by atoms with Crippen molar-refractivity contribution in [1.29, 1.82) is 0 Å². The molecule has 0 bridgehead atoms. The summed E-state index contributed by atoms with van der Waals surface area (Å²) in [5.74, 6) is 0.450. The topological polar surface area (TPSA) is 29.5 Å². The Kier molecular flexibility index (Phi) is 2.70. The van der Waals surface area contributed by atoms with Gasteiger partial charge in [-0.2, -0.15) is 0 Å². The van der Waals surface area contributed by atoms with Crippen molar-refractivity contribution in [3.63, 3.8) is 0 Å². The summed E-state index contributed by atoms with van der Waals surface area (Å²) in [7, 11) is 0. The van der Waals surface area contributed by atoms with E-state index in [0.717, 1.165) is 11.1 Å². The van der Waals surface area contributed by atoms with Gasteiger partial charge in [0.05, 0.1) is 0 Å². The zero-order valence-corrected chi connectivity index (χ0v) is 8.47. The number of benzene rings is 2. The number of hydrogen-bond acceptors (Lipinski definition) is 2. The van der Waals surface area contributed by atoms with Crippen molar-refractivity contribution in [2.24, 2.45) is 0 Å². The molecule has 76 valence electrons. The summed E-state index contributed by atoms with van der Waals surface area (Å²) in [5.41, 5.74) is 3.51. The second kappa shape index (κ2) is 4.15. The molecule has 0 aliphatic carbocycles. The fourth-order valence-corrected chi connectivity index (χ4v) is 1.45. The molecule has 0 aromatic heterocycles. The Morgan fingerprint density at radius 3 is 1.73 bits per heavy atom. The van der Waals surface area contributed by atoms with Crippen LogP contribution >= 0.6 is 0 Å². The van der Waals surface area contributed by atoms with Crippen molar-refractivity contribution in [1.82, 2.24) is 0 Å². The minimum absolute atomic E-state index is 0.450. The molecule has 0 spiro atoms. The van der Waals surface area contributed by atoms with Gasteiger partial charge < -0.3 is 4.89 Å². The predicted molar refractivity (Wildman–Crippen MR) is 59.9 cm³/mol. The van der Waals surface area contributed by atoms with Gasteiger partial charge in [-0.15, -0.1) is 0 Å². The Morgan fingerprint density at radius 1 is 0.800 bits per heavy atom. The first kappa shape index (κ1) is 9.74. The monoisotopic (exact) mass is 200 g/mol. The van der Waals surface area contributed by atoms with Gasteiger partial charge in [0, 0.05) is 0 Å². The highest BCUT2D eigenvalue weighted by Crippen LogP contribution is 2.22. The average Bonchev–Trinajstić information content (AvgIpc) is 2.30. The minimum atomic E-state index is 0.450. The molecule has 0 heterocycles. The van der Waals surface area contributed by atoms with Crippen LogP contribution < -0.4 is 4.89 Å². The molecular formula is C13H12O2. The third kappa shape index (κ3) is 2.17. The Morgan fingerprint density at radius 2 is 1.27 bits per heavy atom. The molecule has 0 saturated heterocycles. The second-order valence-electron chi connectivity index (χ2n) is 3.48. The quantitative estimate of drug-likeness (QED) is 0.593. The highest BCUT2D eigenvalue weighted by atomic mass is 17.1. The first-order valence-electron chi connectivity index (χ1n) is 4.78. The summed E-state index contributed by atoms with van der Waals surface area (Å²) in [6, 6.07) is 15.6. The van der Waals surface area contributed by atoms with Gasteiger partial charge >= 0.3 is 0 Å². The van der Waals surface area contributed by atoms with Gasteiger partial charge in [0.1, 0.15) is 0 Å². The smallest absolute Gasteiger partial charge is 0.165 e. The Balaban J connectivity index is 2.33. The first-order chi connectivity index (χ1) is 7.29. The molecule has 0 fully saturated rings. The molecular weight excluding hydrogens is 188 g/mol. The molecule has 2 aromatic rings. The van der Waals surface area contributed by atoms with Gasteiger partial charge in [0.25, 0.3) is 0 Å². The largest absolute Gasteiger partial charge is 0.340 e. The molecule has 2 nitrogen and oxygen atoms in total. The van der Waals surface area contributed by atoms with Crippen LogP contribution in [0.15, 0.2) is 48.5 Å². The van der Waals surface area contributed by atoms with E-state index in [2.05, 4.69) is 36.1 Å². The third-order valence-electron chi connectivity index (χ3n) is 2.34. The lowest BCUT2D eigenvalue weighted by molar-refractivity contribution is -0.137. The van der Waals surface area contributed by atoms with Gasteiger partial charge in [-0.25, -0.2) is 5.26 Å². The molecule has 0 atom stereocenters. The van der Waals surface area contributed by atoms with Crippen LogP contribution in [-0.4, -0.2) is 5.26 Å². The van der Waals surface area contributed by atoms with Gasteiger partial charge in [-0.05, 0) is 30.2 Å². The maximum atomic E-state index is 8.44. The number of rotatable bonds is 2. The zero-order chi connectivity index (χ0) is 10.7. The van der Waals surface area contributed by atoms with Gasteiger partial charge in [-0.3, -0.25) is 0 Å². The molecule has 0 amide bonds. The van der Waals surface area contributed by atoms with Crippen LogP contribution in [0.2, 0.25) is 0 Å². The highest BCUT2D eigenvalue weighted by molar-refractivity contribution is 5.64. The van der Waals surface area contributed by atoms with E-state index in [0.29, 0.717) is 5.75 Å². The van der Waals surface area contributed by atoms with Gasteiger partial charge in [0.15, 0.2) is 5.75 Å². The lowest BCUT2D eigenvalue weighted by Crippen LogP contribution is -1.83. The SMILES string of the molecule is Cc1ccc(-c2ccc(OO)cc2)cc1. The lowest BCUT2D eigenvalue weighted by Gasteiger charge is -2.02. The summed E-state index contributed by atoms with van der Waals surface area (Å²) in [4.78, 5) is 4.12. The third-order valence-corrected chi connectivity index (χ3v) is 2.34. The van der Waals surface area contributed by atoms with E-state index < -0.39 is 0 Å². The molecule has 2 aromatic carbocycles. The van der Waals surface area contributed by atoms with Crippen LogP contribution in [0.25, 0.3) is 11.1 Å². The molecule has 0 radical (unpaired) electrons. The predicted octanol–water partition coefficient (Wildman–Crippen LogP) is 3.51. The normalized spacial score (nSPS) is 10.0. The highest BCUT2D eigenvalue weighted by Gasteiger charge is 1.97. The minimum Gasteiger partial charge on any atom is -0.340 e. The van der Waals surface area contributed by atoms with Crippen LogP contribution in [0.3, 0.4) is 0 Å². The first-order valence-corrected chi connectivity index (χ1v) is 4.78. The molecule has 0 saturated carbocycles. The van der Waals surface area contributed by atoms with Crippen LogP contribution in [0.5, 0.6) is 5.75 Å². The number of aryl methyl sites for hydroxylation is 1. The molecule has 1 N–H and O–H groups in total. The summed E-state index contributed by atoms with van der Waals surface area (Å²) in [6.45, 7) is 2.06. The number of hydrogen-bond donors (Lipinski definition) is 1. The molecule has 15 heavy (non-hydrogen) atoms. The molecule has 0 unspecified atom stereocenters. The van der Waals surface area contributed by atoms with E-state index in [9.17, 15) is 0 Å². The lowest BCUT2D eigenvalue weighted by atomic mass is 10.0. The van der Waals surface area contributed by atoms with E-state index >= 15 is 0 Å². The van der Waals surface area contributed by atoms with Crippen LogP contribution in [-0.2, 0) is 0 Å². The second-order valence-corrected chi connectivity index (χ2v) is 3.48. The van der Waals surface area contributed by atoms with E-state index in [1.807, 2.05) is 12.1 Å². The van der Waals surface area contributed by atoms with Crippen molar-refractivity contribution in [2.75, 3.05) is 0 Å². The molecule has 2 heteroatoms. The van der Waals surface area contributed by atoms with E-state index in [4.69, 9.17) is 5.26 Å². The van der Waals surface area contributed by atoms with E-state index in [-0.39, 0.29) is 0 Å². The maximum absolute atomic E-state index is 8.44. The zero-order valence-electron chi connectivity index (χ0n) is 8.47. The van der Waals surface area contributed by atoms with Crippen molar-refractivity contribution in [2.45, 2.75) is 6.92 Å². The van der Waals surface area contributed by atoms with Crippen molar-refractivity contribution in [3.05, 3.63) is 54.1 Å². The summed E-state index contributed by atoms with van der Waals surface area (Å²) >= 11 is 0. The summed E-state index contributed by atoms with van der Waals surface area (Å²) < 4.78 is 0. The van der Waals surface area contributed by atoms with Crippen molar-refractivity contribution in [3.8, 4) is 16.9 Å². The molecule has 2 rings (SSSR count). The average molecular weight is 200 g/mol. The Bertz CT molecular complexity index is 429. The van der Waals surface area contributed by atoms with E-state index in [1.54, 1.807) is 12.1 Å². The van der Waals surface area contributed by atoms with E-state index in [1.165, 1.54) is 5.56 Å². The van der Waals surface area contributed by atoms with Gasteiger partial charge in [0.2, 0.25) is 0 Å². The summed E-state index contributed by atoms with van der Waals surface area (Å²) in [6.07, 6.45) is 0. The fourth-order valence-electron chi connectivity index (χ4n) is 1.45. The standard InChI is InChI=1S/C13H12O2/c1-10-2-4-11(5-3-10)12-6-8-13(15-14)9-7-12/h2-9,14H,1H3.